The molecule has 2 rings (SSSR count). The molecular weight excluding hydrogens is 300 g/mol. The number of rotatable bonds is 0. The van der Waals surface area contributed by atoms with Crippen LogP contribution in [0.15, 0.2) is 0 Å². The number of amides is 2. The molecule has 2 aliphatic rings. The molecule has 2 heterocycles. The summed E-state index contributed by atoms with van der Waals surface area (Å²) in [5.74, 6) is 0. The molecule has 0 aliphatic carbocycles. The van der Waals surface area contributed by atoms with E-state index < -0.39 is 12.2 Å². The van der Waals surface area contributed by atoms with Gasteiger partial charge in [0.2, 0.25) is 0 Å². The number of likely N-dealkylation sites (tertiary alicyclic amines) is 2. The Morgan fingerprint density at radius 2 is 0.895 bits per heavy atom. The molecule has 0 aromatic rings. The van der Waals surface area contributed by atoms with E-state index in [2.05, 4.69) is 0 Å². The molecular formula is C12H20CuN2O4. The van der Waals surface area contributed by atoms with Gasteiger partial charge in [0.1, 0.15) is 12.2 Å². The predicted molar refractivity (Wildman–Crippen MR) is 61.6 cm³/mol. The van der Waals surface area contributed by atoms with Crippen molar-refractivity contribution in [3.8, 4) is 0 Å². The van der Waals surface area contributed by atoms with E-state index in [1.807, 2.05) is 0 Å². The summed E-state index contributed by atoms with van der Waals surface area (Å²) < 4.78 is 0. The Morgan fingerprint density at radius 1 is 0.632 bits per heavy atom. The van der Waals surface area contributed by atoms with Crippen LogP contribution in [0.2, 0.25) is 0 Å². The van der Waals surface area contributed by atoms with Crippen LogP contribution in [0.25, 0.3) is 0 Å². The summed E-state index contributed by atoms with van der Waals surface area (Å²) >= 11 is 0. The minimum atomic E-state index is -1.02. The number of carbonyl (C=O) groups excluding carboxylic acids is 2. The maximum Gasteiger partial charge on any atom is 2.00 e. The van der Waals surface area contributed by atoms with Crippen molar-refractivity contribution >= 4 is 12.2 Å². The van der Waals surface area contributed by atoms with Gasteiger partial charge < -0.3 is 29.6 Å². The fraction of sp³-hybridized carbons (Fsp3) is 0.833. The first-order valence-electron chi connectivity index (χ1n) is 6.53. The van der Waals surface area contributed by atoms with Crippen LogP contribution in [-0.2, 0) is 17.1 Å². The largest absolute Gasteiger partial charge is 2.00 e. The van der Waals surface area contributed by atoms with Crippen LogP contribution in [-0.4, -0.2) is 48.2 Å². The fourth-order valence-electron chi connectivity index (χ4n) is 2.15. The standard InChI is InChI=1S/2C6H11NO2.Cu/c2*8-6(9)7-4-2-1-3-5-7;/h2*1-5H2,(H,8,9);/q;;+2/p-2. The third-order valence-electron chi connectivity index (χ3n) is 3.23. The number of hydrogen-bond acceptors (Lipinski definition) is 4. The van der Waals surface area contributed by atoms with E-state index in [9.17, 15) is 19.8 Å². The van der Waals surface area contributed by atoms with Crippen molar-refractivity contribution in [3.05, 3.63) is 0 Å². The minimum absolute atomic E-state index is 0. The summed E-state index contributed by atoms with van der Waals surface area (Å²) in [6, 6.07) is 0. The molecule has 0 saturated carbocycles. The smallest absolute Gasteiger partial charge is 0.530 e. The maximum atomic E-state index is 10.2. The quantitative estimate of drug-likeness (QED) is 0.570. The normalized spacial score (nSPS) is 18.7. The van der Waals surface area contributed by atoms with Gasteiger partial charge in [0.25, 0.3) is 0 Å². The van der Waals surface area contributed by atoms with E-state index in [1.165, 1.54) is 9.80 Å². The van der Waals surface area contributed by atoms with E-state index in [0.717, 1.165) is 38.5 Å². The molecule has 0 spiro atoms. The summed E-state index contributed by atoms with van der Waals surface area (Å²) in [6.07, 6.45) is 4.25. The van der Waals surface area contributed by atoms with Gasteiger partial charge in [0.15, 0.2) is 0 Å². The zero-order chi connectivity index (χ0) is 13.4. The average Bonchev–Trinajstić information content (AvgIpc) is 2.41. The summed E-state index contributed by atoms with van der Waals surface area (Å²) in [5.41, 5.74) is 0. The topological polar surface area (TPSA) is 86.7 Å². The first kappa shape index (κ1) is 18.1. The zero-order valence-corrected chi connectivity index (χ0v) is 11.8. The fourth-order valence-corrected chi connectivity index (χ4v) is 2.15. The van der Waals surface area contributed by atoms with Gasteiger partial charge in [-0.15, -0.1) is 0 Å². The molecule has 6 nitrogen and oxygen atoms in total. The van der Waals surface area contributed by atoms with Crippen LogP contribution >= 0.6 is 0 Å². The second-order valence-corrected chi connectivity index (χ2v) is 4.63. The zero-order valence-electron chi connectivity index (χ0n) is 10.9. The summed E-state index contributed by atoms with van der Waals surface area (Å²) in [5, 5.41) is 20.3. The maximum absolute atomic E-state index is 10.2. The molecule has 0 aromatic heterocycles. The van der Waals surface area contributed by atoms with Gasteiger partial charge in [-0.2, -0.15) is 0 Å². The van der Waals surface area contributed by atoms with Crippen molar-refractivity contribution in [1.82, 2.24) is 9.80 Å². The van der Waals surface area contributed by atoms with Crippen molar-refractivity contribution in [3.63, 3.8) is 0 Å². The van der Waals surface area contributed by atoms with Gasteiger partial charge >= 0.3 is 17.1 Å². The Morgan fingerprint density at radius 3 is 1.05 bits per heavy atom. The first-order chi connectivity index (χ1) is 8.61. The summed E-state index contributed by atoms with van der Waals surface area (Å²) in [4.78, 5) is 23.1. The molecule has 19 heavy (non-hydrogen) atoms. The van der Waals surface area contributed by atoms with Crippen LogP contribution in [0.5, 0.6) is 0 Å². The Labute approximate surface area is 124 Å². The first-order valence-corrected chi connectivity index (χ1v) is 6.53. The van der Waals surface area contributed by atoms with Crippen molar-refractivity contribution in [1.29, 1.82) is 0 Å². The Kier molecular flexibility index (Phi) is 9.43. The van der Waals surface area contributed by atoms with E-state index in [-0.39, 0.29) is 17.1 Å². The summed E-state index contributed by atoms with van der Waals surface area (Å²) in [6.45, 7) is 2.68. The monoisotopic (exact) mass is 319 g/mol. The second kappa shape index (κ2) is 9.92. The van der Waals surface area contributed by atoms with Gasteiger partial charge in [0, 0.05) is 26.2 Å². The number of hydrogen-bond donors (Lipinski definition) is 0. The number of nitrogens with zero attached hydrogens (tertiary/aromatic N) is 2. The van der Waals surface area contributed by atoms with Crippen LogP contribution in [0.1, 0.15) is 38.5 Å². The molecule has 0 N–H and O–H groups in total. The summed E-state index contributed by atoms with van der Waals surface area (Å²) in [7, 11) is 0. The van der Waals surface area contributed by atoms with Crippen molar-refractivity contribution in [2.75, 3.05) is 26.2 Å². The molecule has 0 bridgehead atoms. The number of piperidine rings is 2. The van der Waals surface area contributed by atoms with Crippen LogP contribution in [0.4, 0.5) is 9.59 Å². The minimum Gasteiger partial charge on any atom is -0.530 e. The molecule has 0 aromatic carbocycles. The van der Waals surface area contributed by atoms with Crippen molar-refractivity contribution in [2.45, 2.75) is 38.5 Å². The van der Waals surface area contributed by atoms with Gasteiger partial charge in [0.05, 0.1) is 0 Å². The molecule has 2 saturated heterocycles. The molecule has 1 radical (unpaired) electrons. The van der Waals surface area contributed by atoms with Gasteiger partial charge in [-0.3, -0.25) is 0 Å². The molecule has 0 unspecified atom stereocenters. The van der Waals surface area contributed by atoms with E-state index in [4.69, 9.17) is 0 Å². The average molecular weight is 320 g/mol. The Bertz CT molecular complexity index is 249. The molecule has 113 valence electrons. The predicted octanol–water partition coefficient (Wildman–Crippen LogP) is -0.371. The molecule has 2 amide bonds. The van der Waals surface area contributed by atoms with Gasteiger partial charge in [-0.25, -0.2) is 0 Å². The van der Waals surface area contributed by atoms with E-state index in [0.29, 0.717) is 26.2 Å². The van der Waals surface area contributed by atoms with Crippen LogP contribution < -0.4 is 10.2 Å². The molecule has 0 atom stereocenters. The molecule has 7 heteroatoms. The Hall–Kier alpha value is -0.941. The Balaban J connectivity index is 0.000000324. The van der Waals surface area contributed by atoms with Gasteiger partial charge in [-0.05, 0) is 38.5 Å². The number of carbonyl (C=O) groups is 2. The third-order valence-corrected chi connectivity index (χ3v) is 3.23. The molecule has 2 fully saturated rings. The van der Waals surface area contributed by atoms with E-state index in [1.54, 1.807) is 0 Å². The van der Waals surface area contributed by atoms with Crippen LogP contribution in [0, 0.1) is 0 Å². The van der Waals surface area contributed by atoms with E-state index >= 15 is 0 Å². The van der Waals surface area contributed by atoms with Crippen molar-refractivity contribution < 1.29 is 36.9 Å². The van der Waals surface area contributed by atoms with Gasteiger partial charge in [-0.1, -0.05) is 0 Å². The molecule has 2 aliphatic heterocycles. The van der Waals surface area contributed by atoms with Crippen molar-refractivity contribution in [2.24, 2.45) is 0 Å². The van der Waals surface area contributed by atoms with Crippen LogP contribution in [0.3, 0.4) is 0 Å². The number of carboxylic acid groups (broad SMARTS) is 2. The SMILES string of the molecule is O=C([O-])N1CCCCC1.O=C([O-])N1CCCCC1.[Cu+2]. The third kappa shape index (κ3) is 7.28. The second-order valence-electron chi connectivity index (χ2n) is 4.63.